The standard InChI is InChI=1S/C20H24N2O5/c1-13-17(14(2)27-21-13)12-26-16-8-6-15(7-9-16)11-19(23)22-10-4-3-5-18(22)20(24)25/h6-9,18H,3-5,10-12H2,1-2H3,(H,24,25). The van der Waals surface area contributed by atoms with Gasteiger partial charge in [0, 0.05) is 6.54 Å². The Morgan fingerprint density at radius 2 is 2.00 bits per heavy atom. The minimum Gasteiger partial charge on any atom is -0.489 e. The molecule has 27 heavy (non-hydrogen) atoms. The van der Waals surface area contributed by atoms with E-state index in [2.05, 4.69) is 5.16 Å². The monoisotopic (exact) mass is 372 g/mol. The fourth-order valence-corrected chi connectivity index (χ4v) is 3.33. The second-order valence-corrected chi connectivity index (χ2v) is 6.85. The van der Waals surface area contributed by atoms with Crippen LogP contribution in [0, 0.1) is 13.8 Å². The molecule has 2 aromatic rings. The number of ether oxygens (including phenoxy) is 1. The second-order valence-electron chi connectivity index (χ2n) is 6.85. The molecule has 1 aliphatic heterocycles. The molecule has 1 unspecified atom stereocenters. The number of carboxylic acids is 1. The van der Waals surface area contributed by atoms with E-state index in [9.17, 15) is 14.7 Å². The highest BCUT2D eigenvalue weighted by Crippen LogP contribution is 2.21. The molecule has 0 saturated carbocycles. The number of rotatable bonds is 6. The van der Waals surface area contributed by atoms with Crippen LogP contribution in [-0.4, -0.2) is 39.6 Å². The van der Waals surface area contributed by atoms with E-state index in [-0.39, 0.29) is 12.3 Å². The summed E-state index contributed by atoms with van der Waals surface area (Å²) < 4.78 is 10.9. The molecular formula is C20H24N2O5. The average molecular weight is 372 g/mol. The van der Waals surface area contributed by atoms with Crippen LogP contribution in [0.25, 0.3) is 0 Å². The van der Waals surface area contributed by atoms with Crippen LogP contribution in [0.5, 0.6) is 5.75 Å². The zero-order valence-electron chi connectivity index (χ0n) is 15.6. The van der Waals surface area contributed by atoms with Crippen LogP contribution in [0.3, 0.4) is 0 Å². The molecule has 1 aromatic carbocycles. The molecule has 7 nitrogen and oxygen atoms in total. The highest BCUT2D eigenvalue weighted by atomic mass is 16.5. The molecule has 2 heterocycles. The number of hydrogen-bond acceptors (Lipinski definition) is 5. The molecule has 1 aliphatic rings. The Morgan fingerprint density at radius 1 is 1.26 bits per heavy atom. The van der Waals surface area contributed by atoms with Crippen LogP contribution in [-0.2, 0) is 22.6 Å². The van der Waals surface area contributed by atoms with Crippen molar-refractivity contribution in [1.29, 1.82) is 0 Å². The fraction of sp³-hybridized carbons (Fsp3) is 0.450. The van der Waals surface area contributed by atoms with Crippen molar-refractivity contribution >= 4 is 11.9 Å². The molecule has 0 radical (unpaired) electrons. The number of piperidine rings is 1. The maximum atomic E-state index is 12.5. The van der Waals surface area contributed by atoms with E-state index in [4.69, 9.17) is 9.26 Å². The van der Waals surface area contributed by atoms with E-state index in [1.165, 1.54) is 4.90 Å². The number of aryl methyl sites for hydroxylation is 2. The van der Waals surface area contributed by atoms with Crippen LogP contribution in [0.1, 0.15) is 41.8 Å². The van der Waals surface area contributed by atoms with Crippen molar-refractivity contribution in [3.05, 3.63) is 46.8 Å². The molecule has 1 aromatic heterocycles. The van der Waals surface area contributed by atoms with E-state index in [0.717, 1.165) is 35.4 Å². The molecule has 0 aliphatic carbocycles. The van der Waals surface area contributed by atoms with E-state index >= 15 is 0 Å². The molecule has 1 atom stereocenters. The van der Waals surface area contributed by atoms with Crippen LogP contribution in [0.2, 0.25) is 0 Å². The van der Waals surface area contributed by atoms with Crippen molar-refractivity contribution < 1.29 is 24.0 Å². The van der Waals surface area contributed by atoms with E-state index in [0.29, 0.717) is 25.3 Å². The fourth-order valence-electron chi connectivity index (χ4n) is 3.33. The third kappa shape index (κ3) is 4.48. The minimum atomic E-state index is -0.925. The lowest BCUT2D eigenvalue weighted by Crippen LogP contribution is -2.48. The van der Waals surface area contributed by atoms with Crippen molar-refractivity contribution in [1.82, 2.24) is 10.1 Å². The van der Waals surface area contributed by atoms with Gasteiger partial charge in [-0.2, -0.15) is 0 Å². The Hall–Kier alpha value is -2.83. The Balaban J connectivity index is 1.58. The van der Waals surface area contributed by atoms with Gasteiger partial charge in [-0.25, -0.2) is 4.79 Å². The van der Waals surface area contributed by atoms with Gasteiger partial charge in [0.25, 0.3) is 0 Å². The zero-order valence-corrected chi connectivity index (χ0v) is 15.6. The Morgan fingerprint density at radius 3 is 2.63 bits per heavy atom. The number of carbonyl (C=O) groups is 2. The lowest BCUT2D eigenvalue weighted by Gasteiger charge is -2.33. The Labute approximate surface area is 157 Å². The summed E-state index contributed by atoms with van der Waals surface area (Å²) in [6, 6.07) is 6.58. The van der Waals surface area contributed by atoms with Crippen LogP contribution in [0.4, 0.5) is 0 Å². The molecule has 1 amide bonds. The molecule has 0 bridgehead atoms. The normalized spacial score (nSPS) is 17.0. The highest BCUT2D eigenvalue weighted by Gasteiger charge is 2.31. The number of carboxylic acid groups (broad SMARTS) is 1. The van der Waals surface area contributed by atoms with Gasteiger partial charge in [0.15, 0.2) is 0 Å². The van der Waals surface area contributed by atoms with Gasteiger partial charge in [0.1, 0.15) is 24.2 Å². The van der Waals surface area contributed by atoms with Crippen LogP contribution < -0.4 is 4.74 Å². The number of aromatic nitrogens is 1. The van der Waals surface area contributed by atoms with Crippen molar-refractivity contribution in [3.8, 4) is 5.75 Å². The van der Waals surface area contributed by atoms with Crippen molar-refractivity contribution in [2.45, 2.75) is 52.2 Å². The quantitative estimate of drug-likeness (QED) is 0.838. The summed E-state index contributed by atoms with van der Waals surface area (Å²) in [4.78, 5) is 25.4. The molecule has 1 N–H and O–H groups in total. The first-order valence-electron chi connectivity index (χ1n) is 9.11. The first kappa shape index (κ1) is 18.9. The van der Waals surface area contributed by atoms with Gasteiger partial charge in [-0.3, -0.25) is 4.79 Å². The third-order valence-electron chi connectivity index (χ3n) is 4.95. The Kier molecular flexibility index (Phi) is 5.78. The maximum Gasteiger partial charge on any atom is 0.326 e. The SMILES string of the molecule is Cc1noc(C)c1COc1ccc(CC(=O)N2CCCCC2C(=O)O)cc1. The summed E-state index contributed by atoms with van der Waals surface area (Å²) in [6.45, 7) is 4.59. The lowest BCUT2D eigenvalue weighted by atomic mass is 10.0. The highest BCUT2D eigenvalue weighted by molar-refractivity contribution is 5.85. The van der Waals surface area contributed by atoms with Gasteiger partial charge in [0.05, 0.1) is 17.7 Å². The average Bonchev–Trinajstić information content (AvgIpc) is 2.99. The number of hydrogen-bond donors (Lipinski definition) is 1. The van der Waals surface area contributed by atoms with E-state index < -0.39 is 12.0 Å². The number of aliphatic carboxylic acids is 1. The molecule has 0 spiro atoms. The lowest BCUT2D eigenvalue weighted by molar-refractivity contribution is -0.151. The molecule has 1 fully saturated rings. The number of nitrogens with zero attached hydrogens (tertiary/aromatic N) is 2. The number of likely N-dealkylation sites (tertiary alicyclic amines) is 1. The molecule has 1 saturated heterocycles. The molecular weight excluding hydrogens is 348 g/mol. The van der Waals surface area contributed by atoms with Crippen LogP contribution >= 0.6 is 0 Å². The van der Waals surface area contributed by atoms with E-state index in [1.54, 1.807) is 0 Å². The summed E-state index contributed by atoms with van der Waals surface area (Å²) in [5.41, 5.74) is 2.57. The summed E-state index contributed by atoms with van der Waals surface area (Å²) in [5, 5.41) is 13.2. The van der Waals surface area contributed by atoms with Crippen molar-refractivity contribution in [2.75, 3.05) is 6.54 Å². The van der Waals surface area contributed by atoms with Gasteiger partial charge >= 0.3 is 5.97 Å². The second kappa shape index (κ2) is 8.24. The molecule has 144 valence electrons. The van der Waals surface area contributed by atoms with Gasteiger partial charge in [-0.15, -0.1) is 0 Å². The summed E-state index contributed by atoms with van der Waals surface area (Å²) in [6.07, 6.45) is 2.41. The summed E-state index contributed by atoms with van der Waals surface area (Å²) >= 11 is 0. The number of carbonyl (C=O) groups excluding carboxylic acids is 1. The summed E-state index contributed by atoms with van der Waals surface area (Å²) in [7, 11) is 0. The maximum absolute atomic E-state index is 12.5. The largest absolute Gasteiger partial charge is 0.489 e. The Bertz CT molecular complexity index is 793. The smallest absolute Gasteiger partial charge is 0.326 e. The predicted octanol–water partition coefficient (Wildman–Crippen LogP) is 2.88. The van der Waals surface area contributed by atoms with Crippen LogP contribution in [0.15, 0.2) is 28.8 Å². The molecule has 3 rings (SSSR count). The summed E-state index contributed by atoms with van der Waals surface area (Å²) in [5.74, 6) is 0.356. The first-order valence-corrected chi connectivity index (χ1v) is 9.11. The topological polar surface area (TPSA) is 92.9 Å². The number of benzene rings is 1. The van der Waals surface area contributed by atoms with E-state index in [1.807, 2.05) is 38.1 Å². The van der Waals surface area contributed by atoms with Crippen molar-refractivity contribution in [2.24, 2.45) is 0 Å². The molecule has 7 heteroatoms. The van der Waals surface area contributed by atoms with Gasteiger partial charge in [0.2, 0.25) is 5.91 Å². The zero-order chi connectivity index (χ0) is 19.4. The number of amides is 1. The van der Waals surface area contributed by atoms with Gasteiger partial charge in [-0.1, -0.05) is 17.3 Å². The first-order chi connectivity index (χ1) is 13.0. The third-order valence-corrected chi connectivity index (χ3v) is 4.95. The minimum absolute atomic E-state index is 0.147. The predicted molar refractivity (Wildman–Crippen MR) is 97.4 cm³/mol. The van der Waals surface area contributed by atoms with Gasteiger partial charge < -0.3 is 19.3 Å². The van der Waals surface area contributed by atoms with Gasteiger partial charge in [-0.05, 0) is 50.8 Å². The van der Waals surface area contributed by atoms with Crippen molar-refractivity contribution in [3.63, 3.8) is 0 Å².